The number of halogens is 1. The third-order valence-electron chi connectivity index (χ3n) is 4.66. The lowest BCUT2D eigenvalue weighted by Crippen LogP contribution is -2.23. The number of imidazole rings is 1. The number of nitriles is 1. The molecule has 0 spiro atoms. The van der Waals surface area contributed by atoms with Gasteiger partial charge in [-0.1, -0.05) is 27.7 Å². The predicted molar refractivity (Wildman–Crippen MR) is 134 cm³/mol. The standard InChI is InChI=1S/C22H27FN6O.C2H6.CH4O/c1-12(2)10-25-21-26-11-15(9-24)18(28-21)14-7-16(23)19-17(8-14)29(13(3)4)20(27-19)22(5,6)30;2*1-2/h7-8,11-13,30H,10H2,1-6H3,(H,25,26,28);1-2H3;2H,1H3. The van der Waals surface area contributed by atoms with Crippen molar-refractivity contribution in [2.75, 3.05) is 19.0 Å². The van der Waals surface area contributed by atoms with Crippen LogP contribution in [0.5, 0.6) is 0 Å². The molecule has 3 aromatic rings. The third-order valence-corrected chi connectivity index (χ3v) is 4.66. The van der Waals surface area contributed by atoms with E-state index in [1.54, 1.807) is 19.9 Å². The van der Waals surface area contributed by atoms with Gasteiger partial charge in [0.2, 0.25) is 5.95 Å². The molecule has 0 fully saturated rings. The molecule has 186 valence electrons. The van der Waals surface area contributed by atoms with Crippen LogP contribution in [-0.4, -0.2) is 43.4 Å². The van der Waals surface area contributed by atoms with Crippen molar-refractivity contribution in [1.29, 1.82) is 5.26 Å². The lowest BCUT2D eigenvalue weighted by molar-refractivity contribution is 0.0641. The van der Waals surface area contributed by atoms with Gasteiger partial charge in [-0.15, -0.1) is 0 Å². The van der Waals surface area contributed by atoms with Crippen LogP contribution in [0.2, 0.25) is 0 Å². The monoisotopic (exact) mass is 472 g/mol. The first-order valence-corrected chi connectivity index (χ1v) is 11.4. The largest absolute Gasteiger partial charge is 0.400 e. The zero-order chi connectivity index (χ0) is 26.2. The molecule has 0 atom stereocenters. The number of hydrogen-bond donors (Lipinski definition) is 3. The number of nitrogens with zero attached hydrogens (tertiary/aromatic N) is 5. The molecule has 1 aromatic carbocycles. The van der Waals surface area contributed by atoms with Gasteiger partial charge >= 0.3 is 0 Å². The number of aromatic nitrogens is 4. The summed E-state index contributed by atoms with van der Waals surface area (Å²) < 4.78 is 16.9. The fraction of sp³-hybridized carbons (Fsp3) is 0.520. The number of hydrogen-bond acceptors (Lipinski definition) is 7. The molecule has 3 N–H and O–H groups in total. The highest BCUT2D eigenvalue weighted by atomic mass is 19.1. The maximum atomic E-state index is 15.1. The second-order valence-electron chi connectivity index (χ2n) is 8.63. The molecule has 0 saturated carbocycles. The highest BCUT2D eigenvalue weighted by Crippen LogP contribution is 2.33. The van der Waals surface area contributed by atoms with Crippen molar-refractivity contribution in [3.63, 3.8) is 0 Å². The normalized spacial score (nSPS) is 11.0. The van der Waals surface area contributed by atoms with Gasteiger partial charge in [0.15, 0.2) is 5.82 Å². The van der Waals surface area contributed by atoms with Gasteiger partial charge in [-0.05, 0) is 45.7 Å². The minimum atomic E-state index is -1.24. The van der Waals surface area contributed by atoms with Crippen LogP contribution < -0.4 is 5.32 Å². The third kappa shape index (κ3) is 6.49. The van der Waals surface area contributed by atoms with Crippen LogP contribution in [-0.2, 0) is 5.60 Å². The number of nitrogens with one attached hydrogen (secondary N) is 1. The first-order valence-electron chi connectivity index (χ1n) is 11.4. The fourth-order valence-corrected chi connectivity index (χ4v) is 3.31. The molecule has 0 unspecified atom stereocenters. The van der Waals surface area contributed by atoms with E-state index in [0.717, 1.165) is 7.11 Å². The SMILES string of the molecule is CC.CC(C)CNc1ncc(C#N)c(-c2cc(F)c3nc(C(C)(C)O)n(C(C)C)c3c2)n1.CO. The average molecular weight is 473 g/mol. The Hall–Kier alpha value is -3.09. The molecule has 0 saturated heterocycles. The highest BCUT2D eigenvalue weighted by molar-refractivity contribution is 5.84. The molecule has 0 bridgehead atoms. The van der Waals surface area contributed by atoms with Crippen molar-refractivity contribution >= 4 is 17.0 Å². The van der Waals surface area contributed by atoms with E-state index in [4.69, 9.17) is 5.11 Å². The maximum Gasteiger partial charge on any atom is 0.223 e. The van der Waals surface area contributed by atoms with E-state index >= 15 is 4.39 Å². The zero-order valence-corrected chi connectivity index (χ0v) is 21.6. The smallest absolute Gasteiger partial charge is 0.223 e. The Balaban J connectivity index is 0.00000137. The molecule has 9 heteroatoms. The number of fused-ring (bicyclic) bond motifs is 1. The average Bonchev–Trinajstić information content (AvgIpc) is 3.21. The van der Waals surface area contributed by atoms with E-state index in [9.17, 15) is 10.4 Å². The topological polar surface area (TPSA) is 120 Å². The van der Waals surface area contributed by atoms with Crippen LogP contribution in [0.15, 0.2) is 18.3 Å². The first kappa shape index (κ1) is 28.9. The summed E-state index contributed by atoms with van der Waals surface area (Å²) in [5, 5.41) is 30.2. The summed E-state index contributed by atoms with van der Waals surface area (Å²) in [5.41, 5.74) is 0.529. The molecule has 0 aliphatic heterocycles. The van der Waals surface area contributed by atoms with Crippen LogP contribution >= 0.6 is 0 Å². The Morgan fingerprint density at radius 3 is 2.26 bits per heavy atom. The van der Waals surface area contributed by atoms with E-state index in [0.29, 0.717) is 41.0 Å². The second-order valence-corrected chi connectivity index (χ2v) is 8.63. The number of benzene rings is 1. The van der Waals surface area contributed by atoms with E-state index < -0.39 is 11.4 Å². The summed E-state index contributed by atoms with van der Waals surface area (Å²) in [6, 6.07) is 5.11. The van der Waals surface area contributed by atoms with Crippen molar-refractivity contribution in [3.05, 3.63) is 35.5 Å². The van der Waals surface area contributed by atoms with E-state index in [2.05, 4.69) is 40.2 Å². The van der Waals surface area contributed by atoms with E-state index in [-0.39, 0.29) is 17.1 Å². The molecular weight excluding hydrogens is 435 g/mol. The van der Waals surface area contributed by atoms with E-state index in [1.165, 1.54) is 12.3 Å². The summed E-state index contributed by atoms with van der Waals surface area (Å²) in [5.74, 6) is 0.618. The molecule has 0 aliphatic carbocycles. The van der Waals surface area contributed by atoms with Gasteiger partial charge in [-0.2, -0.15) is 5.26 Å². The molecule has 34 heavy (non-hydrogen) atoms. The molecule has 0 aliphatic rings. The summed E-state index contributed by atoms with van der Waals surface area (Å²) in [7, 11) is 1.00. The summed E-state index contributed by atoms with van der Waals surface area (Å²) in [4.78, 5) is 13.0. The Kier molecular flexibility index (Phi) is 10.6. The minimum absolute atomic E-state index is 0.0600. The Bertz CT molecular complexity index is 1130. The maximum absolute atomic E-state index is 15.1. The molecular formula is C25H37FN6O2. The first-order chi connectivity index (χ1) is 16.0. The van der Waals surface area contributed by atoms with Crippen molar-refractivity contribution in [2.45, 2.75) is 67.0 Å². The predicted octanol–water partition coefficient (Wildman–Crippen LogP) is 5.01. The van der Waals surface area contributed by atoms with Crippen LogP contribution in [0.4, 0.5) is 10.3 Å². The lowest BCUT2D eigenvalue weighted by atomic mass is 10.1. The molecule has 0 radical (unpaired) electrons. The van der Waals surface area contributed by atoms with Crippen molar-refractivity contribution in [2.24, 2.45) is 5.92 Å². The van der Waals surface area contributed by atoms with Crippen LogP contribution in [0.1, 0.15) is 72.8 Å². The summed E-state index contributed by atoms with van der Waals surface area (Å²) in [6.45, 7) is 15.9. The molecule has 3 rings (SSSR count). The molecule has 0 amide bonds. The van der Waals surface area contributed by atoms with Gasteiger partial charge in [-0.25, -0.2) is 19.3 Å². The Labute approximate surface area is 201 Å². The van der Waals surface area contributed by atoms with Crippen molar-refractivity contribution in [1.82, 2.24) is 19.5 Å². The van der Waals surface area contributed by atoms with Gasteiger partial charge in [0.05, 0.1) is 23.0 Å². The number of aliphatic hydroxyl groups is 2. The molecule has 2 aromatic heterocycles. The fourth-order valence-electron chi connectivity index (χ4n) is 3.31. The molecule has 8 nitrogen and oxygen atoms in total. The second kappa shape index (κ2) is 12.4. The van der Waals surface area contributed by atoms with Crippen LogP contribution in [0, 0.1) is 23.1 Å². The quantitative estimate of drug-likeness (QED) is 0.461. The number of anilines is 1. The minimum Gasteiger partial charge on any atom is -0.400 e. The summed E-state index contributed by atoms with van der Waals surface area (Å²) >= 11 is 0. The lowest BCUT2D eigenvalue weighted by Gasteiger charge is -2.21. The van der Waals surface area contributed by atoms with E-state index in [1.807, 2.05) is 32.3 Å². The van der Waals surface area contributed by atoms with Crippen LogP contribution in [0.3, 0.4) is 0 Å². The van der Waals surface area contributed by atoms with Gasteiger partial charge in [-0.3, -0.25) is 0 Å². The number of aliphatic hydroxyl groups excluding tert-OH is 1. The Morgan fingerprint density at radius 1 is 1.15 bits per heavy atom. The van der Waals surface area contributed by atoms with Crippen molar-refractivity contribution in [3.8, 4) is 17.3 Å². The highest BCUT2D eigenvalue weighted by Gasteiger charge is 2.28. The molecule has 2 heterocycles. The number of rotatable bonds is 6. The van der Waals surface area contributed by atoms with Crippen LogP contribution in [0.25, 0.3) is 22.3 Å². The zero-order valence-electron chi connectivity index (χ0n) is 21.6. The Morgan fingerprint density at radius 2 is 1.76 bits per heavy atom. The van der Waals surface area contributed by atoms with Gasteiger partial charge < -0.3 is 20.1 Å². The summed E-state index contributed by atoms with van der Waals surface area (Å²) in [6.07, 6.45) is 1.44. The van der Waals surface area contributed by atoms with Gasteiger partial charge in [0.25, 0.3) is 0 Å². The van der Waals surface area contributed by atoms with Gasteiger partial charge in [0.1, 0.15) is 23.0 Å². The van der Waals surface area contributed by atoms with Gasteiger partial charge in [0, 0.05) is 25.3 Å². The van der Waals surface area contributed by atoms with Crippen molar-refractivity contribution < 1.29 is 14.6 Å².